The second kappa shape index (κ2) is 6.74. The SMILES string of the molecule is CCCC(F)(F)CCSC(=O)c1ccccc1. The molecule has 1 nitrogen and oxygen atoms in total. The lowest BCUT2D eigenvalue weighted by atomic mass is 10.1. The average Bonchev–Trinajstić information content (AvgIpc) is 2.29. The zero-order valence-corrected chi connectivity index (χ0v) is 10.6. The predicted molar refractivity (Wildman–Crippen MR) is 67.7 cm³/mol. The Morgan fingerprint density at radius 1 is 1.24 bits per heavy atom. The normalized spacial score (nSPS) is 11.5. The Bertz CT molecular complexity index is 352. The Morgan fingerprint density at radius 3 is 2.47 bits per heavy atom. The highest BCUT2D eigenvalue weighted by Crippen LogP contribution is 2.27. The molecule has 94 valence electrons. The molecule has 0 atom stereocenters. The molecule has 0 saturated heterocycles. The van der Waals surface area contributed by atoms with Crippen molar-refractivity contribution in [3.63, 3.8) is 0 Å². The van der Waals surface area contributed by atoms with Crippen LogP contribution in [0.15, 0.2) is 30.3 Å². The minimum atomic E-state index is -2.64. The lowest BCUT2D eigenvalue weighted by Crippen LogP contribution is -2.16. The van der Waals surface area contributed by atoms with Crippen LogP contribution in [0.1, 0.15) is 36.5 Å². The van der Waals surface area contributed by atoms with Gasteiger partial charge in [0.25, 0.3) is 0 Å². The third-order valence-electron chi connectivity index (χ3n) is 2.33. The Kier molecular flexibility index (Phi) is 5.62. The van der Waals surface area contributed by atoms with Gasteiger partial charge in [-0.25, -0.2) is 8.78 Å². The van der Waals surface area contributed by atoms with Crippen LogP contribution in [0.3, 0.4) is 0 Å². The van der Waals surface area contributed by atoms with Gasteiger partial charge in [0.15, 0.2) is 0 Å². The van der Waals surface area contributed by atoms with Crippen molar-refractivity contribution in [3.8, 4) is 0 Å². The van der Waals surface area contributed by atoms with Crippen molar-refractivity contribution < 1.29 is 13.6 Å². The first-order valence-electron chi connectivity index (χ1n) is 5.65. The first-order chi connectivity index (χ1) is 8.05. The molecule has 0 heterocycles. The molecule has 0 bridgehead atoms. The number of carbonyl (C=O) groups excluding carboxylic acids is 1. The molecule has 0 aliphatic heterocycles. The maximum atomic E-state index is 13.2. The Labute approximate surface area is 105 Å². The number of hydrogen-bond acceptors (Lipinski definition) is 2. The van der Waals surface area contributed by atoms with Gasteiger partial charge in [-0.15, -0.1) is 0 Å². The van der Waals surface area contributed by atoms with E-state index < -0.39 is 5.92 Å². The Morgan fingerprint density at radius 2 is 1.88 bits per heavy atom. The zero-order valence-electron chi connectivity index (χ0n) is 9.79. The van der Waals surface area contributed by atoms with E-state index in [4.69, 9.17) is 0 Å². The number of benzene rings is 1. The van der Waals surface area contributed by atoms with E-state index in [1.165, 1.54) is 0 Å². The van der Waals surface area contributed by atoms with Crippen molar-refractivity contribution in [1.82, 2.24) is 0 Å². The van der Waals surface area contributed by atoms with Crippen LogP contribution in [0.2, 0.25) is 0 Å². The first kappa shape index (κ1) is 14.2. The van der Waals surface area contributed by atoms with E-state index in [1.54, 1.807) is 31.2 Å². The van der Waals surface area contributed by atoms with Crippen LogP contribution in [-0.2, 0) is 0 Å². The smallest absolute Gasteiger partial charge is 0.248 e. The van der Waals surface area contributed by atoms with E-state index in [0.717, 1.165) is 11.8 Å². The summed E-state index contributed by atoms with van der Waals surface area (Å²) < 4.78 is 26.3. The Balaban J connectivity index is 2.35. The van der Waals surface area contributed by atoms with Gasteiger partial charge in [-0.05, 0) is 0 Å². The molecule has 1 aromatic rings. The number of thioether (sulfide) groups is 1. The molecule has 0 N–H and O–H groups in total. The van der Waals surface area contributed by atoms with Crippen molar-refractivity contribution in [2.45, 2.75) is 32.1 Å². The van der Waals surface area contributed by atoms with E-state index >= 15 is 0 Å². The van der Waals surface area contributed by atoms with E-state index in [2.05, 4.69) is 0 Å². The summed E-state index contributed by atoms with van der Waals surface area (Å²) in [5.74, 6) is -2.47. The van der Waals surface area contributed by atoms with Gasteiger partial charge in [0.1, 0.15) is 0 Å². The van der Waals surface area contributed by atoms with Crippen LogP contribution in [0.4, 0.5) is 8.78 Å². The van der Waals surface area contributed by atoms with E-state index in [9.17, 15) is 13.6 Å². The first-order valence-corrected chi connectivity index (χ1v) is 6.64. The summed E-state index contributed by atoms with van der Waals surface area (Å²) in [6.07, 6.45) is 0.126. The summed E-state index contributed by atoms with van der Waals surface area (Å²) >= 11 is 0.963. The van der Waals surface area contributed by atoms with Gasteiger partial charge in [0.05, 0.1) is 0 Å². The van der Waals surface area contributed by atoms with Crippen LogP contribution >= 0.6 is 11.8 Å². The predicted octanol–water partition coefficient (Wildman–Crippen LogP) is 4.39. The van der Waals surface area contributed by atoms with Crippen molar-refractivity contribution in [2.24, 2.45) is 0 Å². The van der Waals surface area contributed by atoms with Crippen LogP contribution < -0.4 is 0 Å². The van der Waals surface area contributed by atoms with Crippen molar-refractivity contribution in [2.75, 3.05) is 5.75 Å². The summed E-state index contributed by atoms with van der Waals surface area (Å²) in [6, 6.07) is 8.73. The summed E-state index contributed by atoms with van der Waals surface area (Å²) in [5, 5.41) is -0.141. The standard InChI is InChI=1S/C13H16F2OS/c1-2-8-13(14,15)9-10-17-12(16)11-6-4-3-5-7-11/h3-7H,2,8-10H2,1H3. The van der Waals surface area contributed by atoms with Gasteiger partial charge >= 0.3 is 0 Å². The fourth-order valence-corrected chi connectivity index (χ4v) is 2.33. The Hall–Kier alpha value is -0.900. The maximum absolute atomic E-state index is 13.2. The molecule has 0 unspecified atom stereocenters. The van der Waals surface area contributed by atoms with Crippen molar-refractivity contribution in [1.29, 1.82) is 0 Å². The second-order valence-corrected chi connectivity index (χ2v) is 4.93. The monoisotopic (exact) mass is 258 g/mol. The number of alkyl halides is 2. The number of hydrogen-bond donors (Lipinski definition) is 0. The van der Waals surface area contributed by atoms with Gasteiger partial charge in [-0.1, -0.05) is 55.4 Å². The fourth-order valence-electron chi connectivity index (χ4n) is 1.44. The molecule has 0 aliphatic carbocycles. The molecular weight excluding hydrogens is 242 g/mol. The summed E-state index contributed by atoms with van der Waals surface area (Å²) in [4.78, 5) is 11.6. The van der Waals surface area contributed by atoms with E-state index in [-0.39, 0.29) is 23.7 Å². The molecule has 1 rings (SSSR count). The van der Waals surface area contributed by atoms with Crippen LogP contribution in [0.5, 0.6) is 0 Å². The largest absolute Gasteiger partial charge is 0.282 e. The molecule has 0 saturated carbocycles. The third-order valence-corrected chi connectivity index (χ3v) is 3.23. The lowest BCUT2D eigenvalue weighted by molar-refractivity contribution is -0.0107. The van der Waals surface area contributed by atoms with Crippen LogP contribution in [0, 0.1) is 0 Å². The van der Waals surface area contributed by atoms with Crippen molar-refractivity contribution in [3.05, 3.63) is 35.9 Å². The maximum Gasteiger partial charge on any atom is 0.248 e. The van der Waals surface area contributed by atoms with Gasteiger partial charge in [0.2, 0.25) is 11.0 Å². The molecular formula is C13H16F2OS. The average molecular weight is 258 g/mol. The molecule has 0 amide bonds. The number of rotatable bonds is 6. The summed E-state index contributed by atoms with van der Waals surface area (Å²) in [6.45, 7) is 1.73. The molecule has 0 spiro atoms. The molecule has 1 aromatic carbocycles. The summed E-state index contributed by atoms with van der Waals surface area (Å²) in [7, 11) is 0. The molecule has 0 aromatic heterocycles. The minimum Gasteiger partial charge on any atom is -0.282 e. The van der Waals surface area contributed by atoms with Crippen LogP contribution in [0.25, 0.3) is 0 Å². The van der Waals surface area contributed by atoms with Gasteiger partial charge in [-0.3, -0.25) is 4.79 Å². The van der Waals surface area contributed by atoms with Crippen LogP contribution in [-0.4, -0.2) is 16.8 Å². The second-order valence-electron chi connectivity index (χ2n) is 3.86. The molecule has 0 radical (unpaired) electrons. The lowest BCUT2D eigenvalue weighted by Gasteiger charge is -2.14. The summed E-state index contributed by atoms with van der Waals surface area (Å²) in [5.41, 5.74) is 0.566. The fraction of sp³-hybridized carbons (Fsp3) is 0.462. The number of halogens is 2. The topological polar surface area (TPSA) is 17.1 Å². The van der Waals surface area contributed by atoms with E-state index in [0.29, 0.717) is 12.0 Å². The highest BCUT2D eigenvalue weighted by atomic mass is 32.2. The van der Waals surface area contributed by atoms with Gasteiger partial charge < -0.3 is 0 Å². The molecule has 4 heteroatoms. The zero-order chi connectivity index (χ0) is 12.7. The minimum absolute atomic E-state index is 0.104. The quantitative estimate of drug-likeness (QED) is 0.753. The van der Waals surface area contributed by atoms with Gasteiger partial charge in [-0.2, -0.15) is 0 Å². The molecule has 0 aliphatic rings. The molecule has 0 fully saturated rings. The highest BCUT2D eigenvalue weighted by Gasteiger charge is 2.27. The highest BCUT2D eigenvalue weighted by molar-refractivity contribution is 8.14. The van der Waals surface area contributed by atoms with E-state index in [1.807, 2.05) is 6.07 Å². The molecule has 17 heavy (non-hydrogen) atoms. The van der Waals surface area contributed by atoms with Gasteiger partial charge in [0, 0.05) is 24.2 Å². The number of carbonyl (C=O) groups is 1. The van der Waals surface area contributed by atoms with Crippen molar-refractivity contribution >= 4 is 16.9 Å². The third kappa shape index (κ3) is 5.31.